The predicted molar refractivity (Wildman–Crippen MR) is 83.9 cm³/mol. The average Bonchev–Trinajstić information content (AvgIpc) is 2.48. The van der Waals surface area contributed by atoms with Crippen LogP contribution in [-0.2, 0) is 4.74 Å². The summed E-state index contributed by atoms with van der Waals surface area (Å²) in [5.74, 6) is 1.47. The van der Waals surface area contributed by atoms with Crippen molar-refractivity contribution in [3.63, 3.8) is 0 Å². The van der Waals surface area contributed by atoms with E-state index in [1.54, 1.807) is 0 Å². The first-order valence-electron chi connectivity index (χ1n) is 8.03. The number of benzene rings is 1. The molecule has 116 valence electrons. The summed E-state index contributed by atoms with van der Waals surface area (Å²) in [6.45, 7) is 7.33. The van der Waals surface area contributed by atoms with Crippen LogP contribution >= 0.6 is 0 Å². The molecule has 0 spiro atoms. The average molecular weight is 290 g/mol. The van der Waals surface area contributed by atoms with Gasteiger partial charge in [0, 0.05) is 12.2 Å². The van der Waals surface area contributed by atoms with Gasteiger partial charge in [0.05, 0.1) is 6.61 Å². The molecular formula is C18H26O3. The van der Waals surface area contributed by atoms with Crippen LogP contribution in [0.5, 0.6) is 5.75 Å². The molecule has 1 aromatic carbocycles. The summed E-state index contributed by atoms with van der Waals surface area (Å²) >= 11 is 0. The van der Waals surface area contributed by atoms with Crippen LogP contribution < -0.4 is 4.74 Å². The lowest BCUT2D eigenvalue weighted by molar-refractivity contribution is -0.0511. The molecule has 1 aliphatic carbocycles. The van der Waals surface area contributed by atoms with Crippen molar-refractivity contribution >= 4 is 5.78 Å². The summed E-state index contributed by atoms with van der Waals surface area (Å²) in [7, 11) is 0. The van der Waals surface area contributed by atoms with Gasteiger partial charge in [0.2, 0.25) is 0 Å². The third-order valence-corrected chi connectivity index (χ3v) is 4.22. The predicted octanol–water partition coefficient (Wildman–Crippen LogP) is 4.25. The lowest BCUT2D eigenvalue weighted by atomic mass is 9.75. The van der Waals surface area contributed by atoms with Crippen molar-refractivity contribution in [2.75, 3.05) is 13.2 Å². The zero-order valence-corrected chi connectivity index (χ0v) is 13.4. The third kappa shape index (κ3) is 3.65. The van der Waals surface area contributed by atoms with Gasteiger partial charge in [-0.25, -0.2) is 0 Å². The van der Waals surface area contributed by atoms with E-state index in [0.717, 1.165) is 30.6 Å². The maximum Gasteiger partial charge on any atom is 0.194 e. The van der Waals surface area contributed by atoms with Crippen molar-refractivity contribution in [2.45, 2.75) is 52.1 Å². The van der Waals surface area contributed by atoms with Crippen LogP contribution in [0.1, 0.15) is 56.8 Å². The first kappa shape index (κ1) is 16.0. The van der Waals surface area contributed by atoms with E-state index >= 15 is 0 Å². The summed E-state index contributed by atoms with van der Waals surface area (Å²) in [4.78, 5) is 13.0. The third-order valence-electron chi connectivity index (χ3n) is 4.22. The Bertz CT molecular complexity index is 462. The molecule has 2 atom stereocenters. The molecule has 0 aromatic heterocycles. The molecule has 0 amide bonds. The number of hydrogen-bond donors (Lipinski definition) is 0. The largest absolute Gasteiger partial charge is 0.494 e. The van der Waals surface area contributed by atoms with Crippen molar-refractivity contribution in [2.24, 2.45) is 5.92 Å². The van der Waals surface area contributed by atoms with Gasteiger partial charge in [0.15, 0.2) is 5.78 Å². The molecule has 0 heterocycles. The fraction of sp³-hybridized carbons (Fsp3) is 0.611. The van der Waals surface area contributed by atoms with Gasteiger partial charge >= 0.3 is 0 Å². The van der Waals surface area contributed by atoms with E-state index in [4.69, 9.17) is 9.47 Å². The van der Waals surface area contributed by atoms with Gasteiger partial charge < -0.3 is 9.47 Å². The van der Waals surface area contributed by atoms with Crippen LogP contribution in [0, 0.1) is 5.92 Å². The number of rotatable bonds is 6. The molecule has 0 saturated heterocycles. The lowest BCUT2D eigenvalue weighted by Crippen LogP contribution is -2.45. The van der Waals surface area contributed by atoms with Gasteiger partial charge in [-0.1, -0.05) is 13.3 Å². The monoisotopic (exact) mass is 290 g/mol. The van der Waals surface area contributed by atoms with Crippen molar-refractivity contribution in [3.05, 3.63) is 29.8 Å². The van der Waals surface area contributed by atoms with Crippen LogP contribution in [-0.4, -0.2) is 24.6 Å². The minimum Gasteiger partial charge on any atom is -0.494 e. The molecule has 1 saturated carbocycles. The van der Waals surface area contributed by atoms with Crippen molar-refractivity contribution in [1.82, 2.24) is 0 Å². The van der Waals surface area contributed by atoms with Crippen molar-refractivity contribution < 1.29 is 14.3 Å². The molecule has 3 heteroatoms. The molecule has 3 nitrogen and oxygen atoms in total. The highest BCUT2D eigenvalue weighted by Gasteiger charge is 2.42. The van der Waals surface area contributed by atoms with Gasteiger partial charge in [0.1, 0.15) is 11.4 Å². The summed E-state index contributed by atoms with van der Waals surface area (Å²) in [5, 5.41) is 0. The van der Waals surface area contributed by atoms with E-state index in [9.17, 15) is 4.79 Å². The SMILES string of the molecule is CCOc1ccc(C(=O)C2(OCC)CCCC(C)C2)cc1. The lowest BCUT2D eigenvalue weighted by Gasteiger charge is -2.38. The number of carbonyl (C=O) groups excluding carboxylic acids is 1. The minimum atomic E-state index is -0.625. The summed E-state index contributed by atoms with van der Waals surface area (Å²) < 4.78 is 11.4. The highest BCUT2D eigenvalue weighted by atomic mass is 16.5. The molecule has 0 N–H and O–H groups in total. The second-order valence-electron chi connectivity index (χ2n) is 5.92. The number of carbonyl (C=O) groups is 1. The Morgan fingerprint density at radius 1 is 1.24 bits per heavy atom. The molecule has 0 bridgehead atoms. The van der Waals surface area contributed by atoms with Crippen LogP contribution in [0.4, 0.5) is 0 Å². The molecule has 2 rings (SSSR count). The maximum absolute atomic E-state index is 13.0. The van der Waals surface area contributed by atoms with Crippen molar-refractivity contribution in [3.8, 4) is 5.75 Å². The normalized spacial score (nSPS) is 25.6. The first-order valence-corrected chi connectivity index (χ1v) is 8.03. The van der Waals surface area contributed by atoms with Gasteiger partial charge in [-0.3, -0.25) is 4.79 Å². The van der Waals surface area contributed by atoms with E-state index in [1.165, 1.54) is 6.42 Å². The maximum atomic E-state index is 13.0. The topological polar surface area (TPSA) is 35.5 Å². The van der Waals surface area contributed by atoms with E-state index in [2.05, 4.69) is 6.92 Å². The highest BCUT2D eigenvalue weighted by Crippen LogP contribution is 2.37. The molecular weight excluding hydrogens is 264 g/mol. The summed E-state index contributed by atoms with van der Waals surface area (Å²) in [6, 6.07) is 7.44. The Morgan fingerprint density at radius 2 is 1.95 bits per heavy atom. The Kier molecular flexibility index (Phi) is 5.40. The van der Waals surface area contributed by atoms with Gasteiger partial charge in [-0.05, 0) is 63.3 Å². The molecule has 1 aromatic rings. The minimum absolute atomic E-state index is 0.124. The Hall–Kier alpha value is -1.35. The number of ether oxygens (including phenoxy) is 2. The fourth-order valence-electron chi connectivity index (χ4n) is 3.31. The highest BCUT2D eigenvalue weighted by molar-refractivity contribution is 6.02. The fourth-order valence-corrected chi connectivity index (χ4v) is 3.31. The van der Waals surface area contributed by atoms with Gasteiger partial charge in [-0.2, -0.15) is 0 Å². The van der Waals surface area contributed by atoms with Crippen molar-refractivity contribution in [1.29, 1.82) is 0 Å². The van der Waals surface area contributed by atoms with Crippen LogP contribution in [0.3, 0.4) is 0 Å². The van der Waals surface area contributed by atoms with E-state index in [1.807, 2.05) is 38.1 Å². The van der Waals surface area contributed by atoms with Crippen LogP contribution in [0.2, 0.25) is 0 Å². The van der Waals surface area contributed by atoms with E-state index < -0.39 is 5.60 Å². The smallest absolute Gasteiger partial charge is 0.194 e. The number of ketones is 1. The Morgan fingerprint density at radius 3 is 2.52 bits per heavy atom. The first-order chi connectivity index (χ1) is 10.1. The van der Waals surface area contributed by atoms with Gasteiger partial charge in [-0.15, -0.1) is 0 Å². The molecule has 21 heavy (non-hydrogen) atoms. The second-order valence-corrected chi connectivity index (χ2v) is 5.92. The molecule has 1 fully saturated rings. The quantitative estimate of drug-likeness (QED) is 0.735. The van der Waals surface area contributed by atoms with E-state index in [0.29, 0.717) is 19.1 Å². The Labute approximate surface area is 127 Å². The van der Waals surface area contributed by atoms with Crippen LogP contribution in [0.15, 0.2) is 24.3 Å². The zero-order chi connectivity index (χ0) is 15.3. The summed E-state index contributed by atoms with van der Waals surface area (Å²) in [5.41, 5.74) is 0.0977. The van der Waals surface area contributed by atoms with E-state index in [-0.39, 0.29) is 5.78 Å². The van der Waals surface area contributed by atoms with Gasteiger partial charge in [0.25, 0.3) is 0 Å². The summed E-state index contributed by atoms with van der Waals surface area (Å²) in [6.07, 6.45) is 3.90. The molecule has 0 aliphatic heterocycles. The second kappa shape index (κ2) is 7.08. The standard InChI is InChI=1S/C18H26O3/c1-4-20-16-10-8-15(9-11-16)17(19)18(21-5-2)12-6-7-14(3)13-18/h8-11,14H,4-7,12-13H2,1-3H3. The molecule has 2 unspecified atom stereocenters. The van der Waals surface area contributed by atoms with Crippen LogP contribution in [0.25, 0.3) is 0 Å². The molecule has 1 aliphatic rings. The molecule has 0 radical (unpaired) electrons. The Balaban J connectivity index is 2.21. The number of Topliss-reactive ketones (excluding diaryl/α,β-unsaturated/α-hetero) is 1. The zero-order valence-electron chi connectivity index (χ0n) is 13.4. The number of hydrogen-bond acceptors (Lipinski definition) is 3.